The summed E-state index contributed by atoms with van der Waals surface area (Å²) in [5, 5.41) is 0. The van der Waals surface area contributed by atoms with Crippen LogP contribution in [0.3, 0.4) is 0 Å². The highest BCUT2D eigenvalue weighted by molar-refractivity contribution is 5.98. The third-order valence-corrected chi connectivity index (χ3v) is 5.44. The SMILES string of the molecule is CCOCCN1CCN([C@@H](C)C(=O)N2CCCc3ccccc32)CC1. The number of nitrogens with zero attached hydrogens (tertiary/aromatic N) is 3. The summed E-state index contributed by atoms with van der Waals surface area (Å²) in [6.45, 7) is 11.4. The van der Waals surface area contributed by atoms with Gasteiger partial charge in [0.25, 0.3) is 0 Å². The van der Waals surface area contributed by atoms with Gasteiger partial charge in [0.05, 0.1) is 12.6 Å². The van der Waals surface area contributed by atoms with Crippen molar-refractivity contribution in [2.75, 3.05) is 57.4 Å². The molecule has 1 aromatic carbocycles. The monoisotopic (exact) mass is 345 g/mol. The van der Waals surface area contributed by atoms with Crippen LogP contribution < -0.4 is 4.90 Å². The van der Waals surface area contributed by atoms with Gasteiger partial charge >= 0.3 is 0 Å². The van der Waals surface area contributed by atoms with Crippen molar-refractivity contribution in [1.29, 1.82) is 0 Å². The maximum Gasteiger partial charge on any atom is 0.244 e. The van der Waals surface area contributed by atoms with E-state index < -0.39 is 0 Å². The highest BCUT2D eigenvalue weighted by atomic mass is 16.5. The Labute approximate surface area is 151 Å². The fraction of sp³-hybridized carbons (Fsp3) is 0.650. The molecule has 5 nitrogen and oxygen atoms in total. The number of aryl methyl sites for hydroxylation is 1. The molecule has 2 heterocycles. The van der Waals surface area contributed by atoms with Gasteiger partial charge in [0.2, 0.25) is 5.91 Å². The van der Waals surface area contributed by atoms with Crippen molar-refractivity contribution in [3.63, 3.8) is 0 Å². The summed E-state index contributed by atoms with van der Waals surface area (Å²) >= 11 is 0. The Balaban J connectivity index is 1.55. The van der Waals surface area contributed by atoms with Crippen molar-refractivity contribution >= 4 is 11.6 Å². The molecular formula is C20H31N3O2. The first-order chi connectivity index (χ1) is 12.2. The Morgan fingerprint density at radius 3 is 2.68 bits per heavy atom. The minimum atomic E-state index is -0.0554. The summed E-state index contributed by atoms with van der Waals surface area (Å²) in [6, 6.07) is 8.28. The smallest absolute Gasteiger partial charge is 0.244 e. The average molecular weight is 345 g/mol. The third kappa shape index (κ3) is 4.40. The van der Waals surface area contributed by atoms with Crippen molar-refractivity contribution < 1.29 is 9.53 Å². The molecule has 25 heavy (non-hydrogen) atoms. The summed E-state index contributed by atoms with van der Waals surface area (Å²) in [4.78, 5) is 19.9. The van der Waals surface area contributed by atoms with Crippen LogP contribution >= 0.6 is 0 Å². The molecule has 3 rings (SSSR count). The van der Waals surface area contributed by atoms with Gasteiger partial charge in [0, 0.05) is 51.6 Å². The van der Waals surface area contributed by atoms with Gasteiger partial charge in [-0.2, -0.15) is 0 Å². The molecule has 1 fully saturated rings. The van der Waals surface area contributed by atoms with Crippen LogP contribution in [0.2, 0.25) is 0 Å². The van der Waals surface area contributed by atoms with E-state index in [-0.39, 0.29) is 11.9 Å². The number of ether oxygens (including phenoxy) is 1. The van der Waals surface area contributed by atoms with E-state index in [0.29, 0.717) is 0 Å². The highest BCUT2D eigenvalue weighted by Gasteiger charge is 2.31. The number of fused-ring (bicyclic) bond motifs is 1. The molecule has 138 valence electrons. The largest absolute Gasteiger partial charge is 0.380 e. The van der Waals surface area contributed by atoms with Gasteiger partial charge in [0.15, 0.2) is 0 Å². The van der Waals surface area contributed by atoms with E-state index in [9.17, 15) is 4.79 Å². The van der Waals surface area contributed by atoms with Crippen LogP contribution in [0.1, 0.15) is 25.8 Å². The number of piperazine rings is 1. The van der Waals surface area contributed by atoms with Crippen molar-refractivity contribution in [1.82, 2.24) is 9.80 Å². The number of para-hydroxylation sites is 1. The molecule has 0 N–H and O–H groups in total. The standard InChI is InChI=1S/C20H31N3O2/c1-3-25-16-15-21-11-13-22(14-12-21)17(2)20(24)23-10-6-8-18-7-4-5-9-19(18)23/h4-5,7,9,17H,3,6,8,10-16H2,1-2H3/t17-/m0/s1. The van der Waals surface area contributed by atoms with E-state index >= 15 is 0 Å². The van der Waals surface area contributed by atoms with Crippen molar-refractivity contribution in [3.8, 4) is 0 Å². The number of anilines is 1. The molecule has 1 saturated heterocycles. The van der Waals surface area contributed by atoms with Gasteiger partial charge in [-0.3, -0.25) is 14.6 Å². The molecule has 0 aromatic heterocycles. The first-order valence-electron chi connectivity index (χ1n) is 9.64. The lowest BCUT2D eigenvalue weighted by Gasteiger charge is -2.40. The minimum absolute atomic E-state index is 0.0554. The van der Waals surface area contributed by atoms with Crippen LogP contribution in [0.4, 0.5) is 5.69 Å². The molecule has 5 heteroatoms. The fourth-order valence-electron chi connectivity index (χ4n) is 3.86. The summed E-state index contributed by atoms with van der Waals surface area (Å²) in [6.07, 6.45) is 2.13. The topological polar surface area (TPSA) is 36.0 Å². The third-order valence-electron chi connectivity index (χ3n) is 5.44. The quantitative estimate of drug-likeness (QED) is 0.739. The van der Waals surface area contributed by atoms with Crippen molar-refractivity contribution in [2.45, 2.75) is 32.7 Å². The normalized spacial score (nSPS) is 20.3. The van der Waals surface area contributed by atoms with E-state index in [1.54, 1.807) is 0 Å². The predicted molar refractivity (Wildman–Crippen MR) is 101 cm³/mol. The molecule has 1 amide bonds. The number of amides is 1. The van der Waals surface area contributed by atoms with Gasteiger partial charge in [-0.1, -0.05) is 18.2 Å². The van der Waals surface area contributed by atoms with Crippen molar-refractivity contribution in [3.05, 3.63) is 29.8 Å². The summed E-state index contributed by atoms with van der Waals surface area (Å²) in [5.74, 6) is 0.245. The molecular weight excluding hydrogens is 314 g/mol. The molecule has 1 aromatic rings. The van der Waals surface area contributed by atoms with Crippen LogP contribution in [0.25, 0.3) is 0 Å². The van der Waals surface area contributed by atoms with Crippen LogP contribution in [0.15, 0.2) is 24.3 Å². The molecule has 0 saturated carbocycles. The van der Waals surface area contributed by atoms with Crippen LogP contribution in [0, 0.1) is 0 Å². The Morgan fingerprint density at radius 1 is 1.16 bits per heavy atom. The molecule has 0 unspecified atom stereocenters. The lowest BCUT2D eigenvalue weighted by atomic mass is 10.0. The fourth-order valence-corrected chi connectivity index (χ4v) is 3.86. The van der Waals surface area contributed by atoms with Crippen LogP contribution in [-0.2, 0) is 16.0 Å². The second-order valence-corrected chi connectivity index (χ2v) is 6.97. The molecule has 2 aliphatic rings. The predicted octanol–water partition coefficient (Wildman–Crippen LogP) is 2.01. The van der Waals surface area contributed by atoms with E-state index in [0.717, 1.165) is 71.0 Å². The van der Waals surface area contributed by atoms with Crippen LogP contribution in [0.5, 0.6) is 0 Å². The number of benzene rings is 1. The first kappa shape index (κ1) is 18.4. The van der Waals surface area contributed by atoms with Gasteiger partial charge in [-0.25, -0.2) is 0 Å². The van der Waals surface area contributed by atoms with E-state index in [1.165, 1.54) is 5.56 Å². The first-order valence-corrected chi connectivity index (χ1v) is 9.64. The number of hydrogen-bond acceptors (Lipinski definition) is 4. The Bertz CT molecular complexity index is 570. The van der Waals surface area contributed by atoms with E-state index in [1.807, 2.05) is 17.9 Å². The van der Waals surface area contributed by atoms with Crippen molar-refractivity contribution in [2.24, 2.45) is 0 Å². The number of rotatable bonds is 6. The Morgan fingerprint density at radius 2 is 1.92 bits per heavy atom. The Kier molecular flexibility index (Phi) is 6.45. The minimum Gasteiger partial charge on any atom is -0.380 e. The van der Waals surface area contributed by atoms with Gasteiger partial charge in [-0.15, -0.1) is 0 Å². The maximum absolute atomic E-state index is 13.1. The number of carbonyl (C=O) groups is 1. The van der Waals surface area contributed by atoms with Gasteiger partial charge in [-0.05, 0) is 38.3 Å². The van der Waals surface area contributed by atoms with Crippen LogP contribution in [-0.4, -0.2) is 74.2 Å². The zero-order valence-corrected chi connectivity index (χ0v) is 15.6. The lowest BCUT2D eigenvalue weighted by Crippen LogP contribution is -2.55. The molecule has 0 aliphatic carbocycles. The Hall–Kier alpha value is -1.43. The number of carbonyl (C=O) groups excluding carboxylic acids is 1. The average Bonchev–Trinajstić information content (AvgIpc) is 2.67. The highest BCUT2D eigenvalue weighted by Crippen LogP contribution is 2.27. The summed E-state index contributed by atoms with van der Waals surface area (Å²) in [7, 11) is 0. The van der Waals surface area contributed by atoms with Gasteiger partial charge < -0.3 is 9.64 Å². The molecule has 0 radical (unpaired) electrons. The summed E-state index contributed by atoms with van der Waals surface area (Å²) < 4.78 is 5.45. The van der Waals surface area contributed by atoms with E-state index in [4.69, 9.17) is 4.74 Å². The lowest BCUT2D eigenvalue weighted by molar-refractivity contribution is -0.124. The second kappa shape index (κ2) is 8.79. The zero-order valence-electron chi connectivity index (χ0n) is 15.6. The summed E-state index contributed by atoms with van der Waals surface area (Å²) in [5.41, 5.74) is 2.41. The number of hydrogen-bond donors (Lipinski definition) is 0. The molecule has 2 aliphatic heterocycles. The second-order valence-electron chi connectivity index (χ2n) is 6.97. The van der Waals surface area contributed by atoms with Gasteiger partial charge in [0.1, 0.15) is 0 Å². The molecule has 0 bridgehead atoms. The molecule has 0 spiro atoms. The van der Waals surface area contributed by atoms with E-state index in [2.05, 4.69) is 34.9 Å². The molecule has 1 atom stereocenters. The zero-order chi connectivity index (χ0) is 17.6. The maximum atomic E-state index is 13.1.